The molecule has 1 aliphatic rings. The Kier molecular flexibility index (Phi) is 5.68. The average molecular weight is 434 g/mol. The molecule has 0 aliphatic carbocycles. The Balaban J connectivity index is 1.76. The monoisotopic (exact) mass is 434 g/mol. The number of rotatable bonds is 7. The van der Waals surface area contributed by atoms with Crippen LogP contribution in [0.25, 0.3) is 0 Å². The van der Waals surface area contributed by atoms with E-state index in [1.54, 1.807) is 31.4 Å². The summed E-state index contributed by atoms with van der Waals surface area (Å²) in [6.07, 6.45) is -0.798. The van der Waals surface area contributed by atoms with Crippen LogP contribution < -0.4 is 19.1 Å². The van der Waals surface area contributed by atoms with Crippen LogP contribution in [0.4, 0.5) is 11.4 Å². The van der Waals surface area contributed by atoms with Gasteiger partial charge in [0.1, 0.15) is 11.8 Å². The minimum Gasteiger partial charge on any atom is -0.493 e. The lowest BCUT2D eigenvalue weighted by molar-refractivity contribution is -0.384. The number of nitro benzene ring substituents is 1. The number of carbonyl (C=O) groups is 1. The lowest BCUT2D eigenvalue weighted by atomic mass is 9.89. The van der Waals surface area contributed by atoms with Crippen molar-refractivity contribution in [3.05, 3.63) is 88.0 Å². The quantitative estimate of drug-likeness (QED) is 0.310. The van der Waals surface area contributed by atoms with Gasteiger partial charge in [-0.05, 0) is 42.3 Å². The van der Waals surface area contributed by atoms with E-state index < -0.39 is 17.1 Å². The van der Waals surface area contributed by atoms with Crippen LogP contribution in [-0.2, 0) is 4.79 Å². The number of β-lactam (4-membered cyclic amide) rings is 1. The molecule has 1 heterocycles. The summed E-state index contributed by atoms with van der Waals surface area (Å²) in [5.74, 6) is 1.39. The molecule has 3 aromatic rings. The van der Waals surface area contributed by atoms with Gasteiger partial charge in [0, 0.05) is 12.1 Å². The first-order valence-electron chi connectivity index (χ1n) is 9.96. The van der Waals surface area contributed by atoms with Gasteiger partial charge in [0.15, 0.2) is 11.5 Å². The second-order valence-corrected chi connectivity index (χ2v) is 7.35. The summed E-state index contributed by atoms with van der Waals surface area (Å²) in [5, 5.41) is 11.3. The molecule has 164 valence electrons. The molecule has 0 radical (unpaired) electrons. The van der Waals surface area contributed by atoms with Crippen LogP contribution in [0.15, 0.2) is 66.7 Å². The Labute approximate surface area is 185 Å². The second kappa shape index (κ2) is 8.58. The van der Waals surface area contributed by atoms with E-state index in [4.69, 9.17) is 14.2 Å². The van der Waals surface area contributed by atoms with E-state index in [1.165, 1.54) is 24.1 Å². The van der Waals surface area contributed by atoms with Gasteiger partial charge in [0.2, 0.25) is 6.10 Å². The first-order chi connectivity index (χ1) is 15.4. The summed E-state index contributed by atoms with van der Waals surface area (Å²) in [7, 11) is 3.08. The molecule has 0 saturated carbocycles. The third kappa shape index (κ3) is 3.71. The molecule has 0 unspecified atom stereocenters. The maximum absolute atomic E-state index is 13.2. The number of amides is 1. The minimum atomic E-state index is -0.798. The number of ether oxygens (including phenoxy) is 3. The van der Waals surface area contributed by atoms with Crippen molar-refractivity contribution in [3.8, 4) is 17.2 Å². The fourth-order valence-electron chi connectivity index (χ4n) is 3.81. The van der Waals surface area contributed by atoms with Crippen molar-refractivity contribution in [2.75, 3.05) is 19.1 Å². The van der Waals surface area contributed by atoms with Crippen molar-refractivity contribution < 1.29 is 23.9 Å². The van der Waals surface area contributed by atoms with E-state index >= 15 is 0 Å². The molecule has 3 aromatic carbocycles. The Morgan fingerprint density at radius 3 is 2.34 bits per heavy atom. The first-order valence-corrected chi connectivity index (χ1v) is 9.96. The summed E-state index contributed by atoms with van der Waals surface area (Å²) in [6.45, 7) is 1.90. The van der Waals surface area contributed by atoms with Crippen molar-refractivity contribution >= 4 is 17.3 Å². The Morgan fingerprint density at radius 1 is 0.906 bits per heavy atom. The Morgan fingerprint density at radius 2 is 1.66 bits per heavy atom. The van der Waals surface area contributed by atoms with Crippen LogP contribution in [0.3, 0.4) is 0 Å². The number of hydrogen-bond donors (Lipinski definition) is 0. The predicted octanol–water partition coefficient (Wildman–Crippen LogP) is 4.46. The molecular weight excluding hydrogens is 412 g/mol. The van der Waals surface area contributed by atoms with E-state index in [1.807, 2.05) is 37.3 Å². The fourth-order valence-corrected chi connectivity index (χ4v) is 3.81. The van der Waals surface area contributed by atoms with Gasteiger partial charge < -0.3 is 14.2 Å². The smallest absolute Gasteiger partial charge is 0.271 e. The largest absolute Gasteiger partial charge is 0.493 e. The number of benzene rings is 3. The molecule has 0 aromatic heterocycles. The summed E-state index contributed by atoms with van der Waals surface area (Å²) in [5.41, 5.74) is 1.99. The molecule has 0 N–H and O–H groups in total. The summed E-state index contributed by atoms with van der Waals surface area (Å²) >= 11 is 0. The lowest BCUT2D eigenvalue weighted by Gasteiger charge is -2.46. The third-order valence-electron chi connectivity index (χ3n) is 5.46. The highest BCUT2D eigenvalue weighted by molar-refractivity contribution is 6.05. The van der Waals surface area contributed by atoms with Crippen LogP contribution in [0.1, 0.15) is 17.2 Å². The van der Waals surface area contributed by atoms with Crippen molar-refractivity contribution in [2.45, 2.75) is 19.1 Å². The van der Waals surface area contributed by atoms with Crippen molar-refractivity contribution in [2.24, 2.45) is 0 Å². The molecule has 1 fully saturated rings. The zero-order chi connectivity index (χ0) is 22.8. The Bertz CT molecular complexity index is 1180. The molecule has 0 spiro atoms. The van der Waals surface area contributed by atoms with E-state index in [0.29, 0.717) is 22.9 Å². The van der Waals surface area contributed by atoms with Gasteiger partial charge in [0.25, 0.3) is 11.6 Å². The number of carbonyl (C=O) groups excluding carboxylic acids is 1. The normalized spacial score (nSPS) is 17.5. The number of hydrogen-bond acceptors (Lipinski definition) is 6. The van der Waals surface area contributed by atoms with Crippen LogP contribution in [0, 0.1) is 17.0 Å². The van der Waals surface area contributed by atoms with Crippen molar-refractivity contribution in [3.63, 3.8) is 0 Å². The maximum Gasteiger partial charge on any atom is 0.271 e. The van der Waals surface area contributed by atoms with Crippen molar-refractivity contribution in [1.82, 2.24) is 0 Å². The zero-order valence-electron chi connectivity index (χ0n) is 17.8. The average Bonchev–Trinajstić information content (AvgIpc) is 2.81. The molecule has 4 rings (SSSR count). The molecule has 8 heteroatoms. The molecule has 32 heavy (non-hydrogen) atoms. The number of anilines is 1. The number of non-ortho nitro benzene ring substituents is 1. The highest BCUT2D eigenvalue weighted by Crippen LogP contribution is 2.44. The van der Waals surface area contributed by atoms with Crippen molar-refractivity contribution in [1.29, 1.82) is 0 Å². The fraction of sp³-hybridized carbons (Fsp3) is 0.208. The zero-order valence-corrected chi connectivity index (χ0v) is 17.8. The minimum absolute atomic E-state index is 0.0929. The number of aryl methyl sites for hydroxylation is 1. The van der Waals surface area contributed by atoms with E-state index in [9.17, 15) is 14.9 Å². The molecule has 2 atom stereocenters. The highest BCUT2D eigenvalue weighted by atomic mass is 16.6. The number of nitro groups is 1. The van der Waals surface area contributed by atoms with Gasteiger partial charge in [-0.2, -0.15) is 0 Å². The van der Waals surface area contributed by atoms with Crippen LogP contribution >= 0.6 is 0 Å². The molecule has 1 amide bonds. The van der Waals surface area contributed by atoms with Crippen LogP contribution in [0.2, 0.25) is 0 Å². The first kappa shape index (κ1) is 21.2. The van der Waals surface area contributed by atoms with Gasteiger partial charge in [-0.3, -0.25) is 19.8 Å². The predicted molar refractivity (Wildman–Crippen MR) is 118 cm³/mol. The summed E-state index contributed by atoms with van der Waals surface area (Å²) < 4.78 is 16.9. The topological polar surface area (TPSA) is 91.1 Å². The molecule has 8 nitrogen and oxygen atoms in total. The van der Waals surface area contributed by atoms with E-state index in [2.05, 4.69) is 0 Å². The SMILES string of the molecule is COc1ccc([C@H]2[C@@H](Oc3ccccc3C)C(=O)N2c2cccc([N+](=O)[O-])c2)cc1OC. The van der Waals surface area contributed by atoms with Gasteiger partial charge in [-0.25, -0.2) is 0 Å². The third-order valence-corrected chi connectivity index (χ3v) is 5.46. The van der Waals surface area contributed by atoms with E-state index in [-0.39, 0.29) is 11.6 Å². The second-order valence-electron chi connectivity index (χ2n) is 7.35. The highest BCUT2D eigenvalue weighted by Gasteiger charge is 2.51. The number of nitrogens with zero attached hydrogens (tertiary/aromatic N) is 2. The number of para-hydroxylation sites is 1. The Hall–Kier alpha value is -4.07. The van der Waals surface area contributed by atoms with E-state index in [0.717, 1.165) is 11.1 Å². The number of methoxy groups -OCH3 is 2. The van der Waals surface area contributed by atoms with Crippen LogP contribution in [0.5, 0.6) is 17.2 Å². The van der Waals surface area contributed by atoms with Crippen LogP contribution in [-0.4, -0.2) is 31.2 Å². The molecule has 0 bridgehead atoms. The summed E-state index contributed by atoms with van der Waals surface area (Å²) in [6, 6.07) is 18.3. The van der Waals surface area contributed by atoms with Gasteiger partial charge in [-0.15, -0.1) is 0 Å². The molecular formula is C24H22N2O6. The summed E-state index contributed by atoms with van der Waals surface area (Å²) in [4.78, 5) is 25.5. The van der Waals surface area contributed by atoms with Gasteiger partial charge in [-0.1, -0.05) is 30.3 Å². The lowest BCUT2D eigenvalue weighted by Crippen LogP contribution is -2.61. The standard InChI is InChI=1S/C24H22N2O6/c1-15-7-4-5-10-19(15)32-23-22(16-11-12-20(30-2)21(13-16)31-3)25(24(23)27)17-8-6-9-18(14-17)26(28)29/h4-14,22-23H,1-3H3/t22-,23+/m0/s1. The van der Waals surface area contributed by atoms with Gasteiger partial charge >= 0.3 is 0 Å². The maximum atomic E-state index is 13.2. The molecule has 1 saturated heterocycles. The van der Waals surface area contributed by atoms with Gasteiger partial charge in [0.05, 0.1) is 24.8 Å². The molecule has 1 aliphatic heterocycles.